The van der Waals surface area contributed by atoms with Crippen LogP contribution in [0.3, 0.4) is 0 Å². The van der Waals surface area contributed by atoms with Gasteiger partial charge >= 0.3 is 0 Å². The fourth-order valence-electron chi connectivity index (χ4n) is 1.82. The van der Waals surface area contributed by atoms with Gasteiger partial charge in [-0.25, -0.2) is 0 Å². The first kappa shape index (κ1) is 14.9. The molecule has 0 heterocycles. The molecule has 0 radical (unpaired) electrons. The van der Waals surface area contributed by atoms with Gasteiger partial charge in [-0.15, -0.1) is 0 Å². The van der Waals surface area contributed by atoms with Crippen LogP contribution in [0, 0.1) is 5.92 Å². The Labute approximate surface area is 95.0 Å². The van der Waals surface area contributed by atoms with Crippen LogP contribution in [0.15, 0.2) is 0 Å². The van der Waals surface area contributed by atoms with Gasteiger partial charge in [0.25, 0.3) is 0 Å². The molecule has 1 atom stereocenters. The van der Waals surface area contributed by atoms with Crippen LogP contribution in [0.1, 0.15) is 34.6 Å². The van der Waals surface area contributed by atoms with Crippen LogP contribution in [0.4, 0.5) is 0 Å². The second-order valence-corrected chi connectivity index (χ2v) is 4.49. The molecule has 1 unspecified atom stereocenters. The Morgan fingerprint density at radius 2 is 1.93 bits per heavy atom. The van der Waals surface area contributed by atoms with E-state index in [1.165, 1.54) is 0 Å². The van der Waals surface area contributed by atoms with Crippen LogP contribution in [0.5, 0.6) is 0 Å². The van der Waals surface area contributed by atoms with E-state index >= 15 is 0 Å². The Balaban J connectivity index is 4.33. The maximum absolute atomic E-state index is 5.91. The van der Waals surface area contributed by atoms with E-state index in [4.69, 9.17) is 10.5 Å². The summed E-state index contributed by atoms with van der Waals surface area (Å²) in [5.74, 6) is 0.559. The van der Waals surface area contributed by atoms with E-state index in [2.05, 4.69) is 32.6 Å². The molecule has 0 saturated carbocycles. The SMILES string of the molecule is CCOCCN(CC)C(C)(CN)C(C)C. The summed E-state index contributed by atoms with van der Waals surface area (Å²) in [6, 6.07) is 0. The largest absolute Gasteiger partial charge is 0.380 e. The van der Waals surface area contributed by atoms with Crippen molar-refractivity contribution in [3.8, 4) is 0 Å². The van der Waals surface area contributed by atoms with Crippen molar-refractivity contribution in [3.05, 3.63) is 0 Å². The zero-order valence-corrected chi connectivity index (χ0v) is 11.0. The van der Waals surface area contributed by atoms with Gasteiger partial charge in [0.15, 0.2) is 0 Å². The van der Waals surface area contributed by atoms with Gasteiger partial charge in [-0.05, 0) is 26.3 Å². The van der Waals surface area contributed by atoms with E-state index in [9.17, 15) is 0 Å². The summed E-state index contributed by atoms with van der Waals surface area (Å²) in [5, 5.41) is 0. The third kappa shape index (κ3) is 4.09. The minimum absolute atomic E-state index is 0.0891. The van der Waals surface area contributed by atoms with Gasteiger partial charge in [0.1, 0.15) is 0 Å². The molecule has 0 fully saturated rings. The first-order chi connectivity index (χ1) is 7.02. The van der Waals surface area contributed by atoms with Gasteiger partial charge in [0.2, 0.25) is 0 Å². The van der Waals surface area contributed by atoms with E-state index in [0.717, 1.165) is 26.3 Å². The van der Waals surface area contributed by atoms with Crippen molar-refractivity contribution in [1.29, 1.82) is 0 Å². The van der Waals surface area contributed by atoms with Crippen LogP contribution < -0.4 is 5.73 Å². The standard InChI is InChI=1S/C12H28N2O/c1-6-14(8-9-15-7-2)12(5,10-13)11(3)4/h11H,6-10,13H2,1-5H3. The van der Waals surface area contributed by atoms with E-state index in [1.54, 1.807) is 0 Å². The van der Waals surface area contributed by atoms with E-state index in [0.29, 0.717) is 12.5 Å². The lowest BCUT2D eigenvalue weighted by molar-refractivity contribution is 0.0359. The minimum Gasteiger partial charge on any atom is -0.380 e. The highest BCUT2D eigenvalue weighted by molar-refractivity contribution is 4.89. The van der Waals surface area contributed by atoms with Crippen molar-refractivity contribution in [3.63, 3.8) is 0 Å². The molecule has 0 bridgehead atoms. The molecule has 0 aromatic carbocycles. The molecule has 92 valence electrons. The van der Waals surface area contributed by atoms with Crippen molar-refractivity contribution in [2.75, 3.05) is 32.8 Å². The first-order valence-corrected chi connectivity index (χ1v) is 6.05. The molecule has 0 aliphatic rings. The van der Waals surface area contributed by atoms with Crippen LogP contribution >= 0.6 is 0 Å². The lowest BCUT2D eigenvalue weighted by atomic mass is 9.86. The van der Waals surface area contributed by atoms with Gasteiger partial charge in [0, 0.05) is 25.2 Å². The van der Waals surface area contributed by atoms with Gasteiger partial charge in [-0.2, -0.15) is 0 Å². The third-order valence-electron chi connectivity index (χ3n) is 3.47. The number of hydrogen-bond acceptors (Lipinski definition) is 3. The fraction of sp³-hybridized carbons (Fsp3) is 1.00. The molecule has 0 spiro atoms. The molecular weight excluding hydrogens is 188 g/mol. The highest BCUT2D eigenvalue weighted by Crippen LogP contribution is 2.22. The Bertz CT molecular complexity index is 162. The number of nitrogens with zero attached hydrogens (tertiary/aromatic N) is 1. The number of ether oxygens (including phenoxy) is 1. The van der Waals surface area contributed by atoms with Gasteiger partial charge in [-0.1, -0.05) is 20.8 Å². The zero-order chi connectivity index (χ0) is 11.9. The molecule has 3 nitrogen and oxygen atoms in total. The maximum Gasteiger partial charge on any atom is 0.0593 e. The quantitative estimate of drug-likeness (QED) is 0.628. The first-order valence-electron chi connectivity index (χ1n) is 6.05. The van der Waals surface area contributed by atoms with Crippen molar-refractivity contribution >= 4 is 0 Å². The number of hydrogen-bond donors (Lipinski definition) is 1. The summed E-state index contributed by atoms with van der Waals surface area (Å²) < 4.78 is 5.40. The fourth-order valence-corrected chi connectivity index (χ4v) is 1.82. The van der Waals surface area contributed by atoms with Crippen molar-refractivity contribution < 1.29 is 4.74 Å². The molecule has 0 rings (SSSR count). The van der Waals surface area contributed by atoms with Crippen LogP contribution in [0.2, 0.25) is 0 Å². The van der Waals surface area contributed by atoms with Gasteiger partial charge < -0.3 is 10.5 Å². The van der Waals surface area contributed by atoms with Crippen LogP contribution in [-0.2, 0) is 4.74 Å². The Morgan fingerprint density at radius 3 is 2.27 bits per heavy atom. The summed E-state index contributed by atoms with van der Waals surface area (Å²) >= 11 is 0. The molecule has 0 aromatic rings. The smallest absolute Gasteiger partial charge is 0.0593 e. The monoisotopic (exact) mass is 216 g/mol. The second-order valence-electron chi connectivity index (χ2n) is 4.49. The third-order valence-corrected chi connectivity index (χ3v) is 3.47. The van der Waals surface area contributed by atoms with E-state index in [1.807, 2.05) is 6.92 Å². The van der Waals surface area contributed by atoms with E-state index in [-0.39, 0.29) is 5.54 Å². The average Bonchev–Trinajstić information content (AvgIpc) is 2.23. The van der Waals surface area contributed by atoms with Crippen molar-refractivity contribution in [1.82, 2.24) is 4.90 Å². The normalized spacial score (nSPS) is 16.0. The topological polar surface area (TPSA) is 38.5 Å². The summed E-state index contributed by atoms with van der Waals surface area (Å²) in [7, 11) is 0. The molecule has 0 aromatic heterocycles. The lowest BCUT2D eigenvalue weighted by Crippen LogP contribution is -2.56. The number of nitrogens with two attached hydrogens (primary N) is 1. The van der Waals surface area contributed by atoms with Crippen LogP contribution in [-0.4, -0.2) is 43.3 Å². The Hall–Kier alpha value is -0.120. The molecule has 0 amide bonds. The van der Waals surface area contributed by atoms with Crippen molar-refractivity contribution in [2.24, 2.45) is 11.7 Å². The predicted octanol–water partition coefficient (Wildman–Crippen LogP) is 1.72. The van der Waals surface area contributed by atoms with Gasteiger partial charge in [0.05, 0.1) is 6.61 Å². The number of likely N-dealkylation sites (N-methyl/N-ethyl adjacent to an activating group) is 1. The predicted molar refractivity (Wildman–Crippen MR) is 66.0 cm³/mol. The highest BCUT2D eigenvalue weighted by Gasteiger charge is 2.32. The molecule has 0 aliphatic carbocycles. The summed E-state index contributed by atoms with van der Waals surface area (Å²) in [6.45, 7) is 15.2. The molecule has 0 saturated heterocycles. The van der Waals surface area contributed by atoms with Crippen LogP contribution in [0.25, 0.3) is 0 Å². The highest BCUT2D eigenvalue weighted by atomic mass is 16.5. The van der Waals surface area contributed by atoms with Gasteiger partial charge in [-0.3, -0.25) is 4.90 Å². The Kier molecular flexibility index (Phi) is 7.14. The zero-order valence-electron chi connectivity index (χ0n) is 11.0. The summed E-state index contributed by atoms with van der Waals surface area (Å²) in [6.07, 6.45) is 0. The van der Waals surface area contributed by atoms with Crippen molar-refractivity contribution in [2.45, 2.75) is 40.2 Å². The average molecular weight is 216 g/mol. The number of rotatable bonds is 8. The summed E-state index contributed by atoms with van der Waals surface area (Å²) in [4.78, 5) is 2.42. The molecule has 2 N–H and O–H groups in total. The molecule has 15 heavy (non-hydrogen) atoms. The summed E-state index contributed by atoms with van der Waals surface area (Å²) in [5.41, 5.74) is 6.00. The maximum atomic E-state index is 5.91. The molecule has 3 heteroatoms. The second kappa shape index (κ2) is 7.20. The van der Waals surface area contributed by atoms with E-state index < -0.39 is 0 Å². The lowest BCUT2D eigenvalue weighted by Gasteiger charge is -2.43. The minimum atomic E-state index is 0.0891. The molecule has 0 aliphatic heterocycles. The Morgan fingerprint density at radius 1 is 1.33 bits per heavy atom. The molecular formula is C12H28N2O.